The predicted octanol–water partition coefficient (Wildman–Crippen LogP) is 6.79. The number of aryl methyl sites for hydroxylation is 1. The molecule has 0 N–H and O–H groups in total. The van der Waals surface area contributed by atoms with Crippen molar-refractivity contribution in [2.75, 3.05) is 7.11 Å². The summed E-state index contributed by atoms with van der Waals surface area (Å²) in [4.78, 5) is 0. The van der Waals surface area contributed by atoms with Crippen molar-refractivity contribution in [1.29, 1.82) is 0 Å². The SMILES string of the molecule is C=C[C@@H](OCc1ccc(OC)cc1)[C@@H](CCc1ccccc1)O[Si](C)(C)C(C)(C)C. The highest BCUT2D eigenvalue weighted by molar-refractivity contribution is 6.74. The monoisotopic (exact) mass is 426 g/mol. The Balaban J connectivity index is 2.12. The van der Waals surface area contributed by atoms with Crippen molar-refractivity contribution >= 4 is 8.32 Å². The molecule has 2 rings (SSSR count). The maximum absolute atomic E-state index is 6.82. The molecule has 3 nitrogen and oxygen atoms in total. The molecule has 0 unspecified atom stereocenters. The topological polar surface area (TPSA) is 27.7 Å². The zero-order valence-electron chi connectivity index (χ0n) is 19.5. The lowest BCUT2D eigenvalue weighted by Gasteiger charge is -2.41. The fraction of sp³-hybridized carbons (Fsp3) is 0.462. The fourth-order valence-corrected chi connectivity index (χ4v) is 4.40. The molecular formula is C26H38O3Si. The van der Waals surface area contributed by atoms with Gasteiger partial charge in [-0.05, 0) is 54.2 Å². The van der Waals surface area contributed by atoms with Gasteiger partial charge in [0.15, 0.2) is 8.32 Å². The summed E-state index contributed by atoms with van der Waals surface area (Å²) >= 11 is 0. The van der Waals surface area contributed by atoms with Crippen LogP contribution in [0.1, 0.15) is 38.3 Å². The largest absolute Gasteiger partial charge is 0.497 e. The second kappa shape index (κ2) is 10.9. The molecule has 2 atom stereocenters. The summed E-state index contributed by atoms with van der Waals surface area (Å²) in [5.41, 5.74) is 2.43. The third kappa shape index (κ3) is 7.12. The lowest BCUT2D eigenvalue weighted by atomic mass is 10.0. The number of hydrogen-bond acceptors (Lipinski definition) is 3. The van der Waals surface area contributed by atoms with Crippen molar-refractivity contribution in [1.82, 2.24) is 0 Å². The van der Waals surface area contributed by atoms with E-state index in [0.29, 0.717) is 6.61 Å². The first-order valence-corrected chi connectivity index (χ1v) is 13.7. The van der Waals surface area contributed by atoms with E-state index < -0.39 is 8.32 Å². The van der Waals surface area contributed by atoms with E-state index in [1.54, 1.807) is 7.11 Å². The van der Waals surface area contributed by atoms with Crippen molar-refractivity contribution in [3.63, 3.8) is 0 Å². The van der Waals surface area contributed by atoms with E-state index >= 15 is 0 Å². The molecule has 0 fully saturated rings. The maximum Gasteiger partial charge on any atom is 0.192 e. The molecule has 2 aromatic rings. The van der Waals surface area contributed by atoms with E-state index in [2.05, 4.69) is 70.8 Å². The molecule has 0 aromatic heterocycles. The minimum Gasteiger partial charge on any atom is -0.497 e. The minimum absolute atomic E-state index is 0.0261. The van der Waals surface area contributed by atoms with Gasteiger partial charge in [0.1, 0.15) is 11.9 Å². The van der Waals surface area contributed by atoms with Gasteiger partial charge in [0.25, 0.3) is 0 Å². The molecule has 0 aliphatic heterocycles. The van der Waals surface area contributed by atoms with Crippen LogP contribution in [0.5, 0.6) is 5.75 Å². The van der Waals surface area contributed by atoms with E-state index in [1.807, 2.05) is 30.3 Å². The number of benzene rings is 2. The van der Waals surface area contributed by atoms with Crippen molar-refractivity contribution in [2.45, 2.75) is 70.6 Å². The Bertz CT molecular complexity index is 763. The first-order chi connectivity index (χ1) is 14.2. The molecule has 0 saturated carbocycles. The summed E-state index contributed by atoms with van der Waals surface area (Å²) in [5.74, 6) is 0.848. The van der Waals surface area contributed by atoms with Crippen LogP contribution < -0.4 is 4.74 Å². The highest BCUT2D eigenvalue weighted by Gasteiger charge is 2.40. The van der Waals surface area contributed by atoms with Crippen LogP contribution in [-0.2, 0) is 22.2 Å². The van der Waals surface area contributed by atoms with Crippen molar-refractivity contribution in [2.24, 2.45) is 0 Å². The molecule has 0 saturated heterocycles. The molecule has 30 heavy (non-hydrogen) atoms. The summed E-state index contributed by atoms with van der Waals surface area (Å²) in [7, 11) is -0.275. The van der Waals surface area contributed by atoms with E-state index in [-0.39, 0.29) is 17.2 Å². The standard InChI is InChI=1S/C26H38O3Si/c1-8-24(28-20-22-14-17-23(27-5)18-15-22)25(29-30(6,7)26(2,3)4)19-16-21-12-10-9-11-13-21/h8-15,17-18,24-25H,1,16,19-20H2,2-7H3/t24-,25-/m1/s1. The molecule has 2 aromatic carbocycles. The second-order valence-electron chi connectivity index (χ2n) is 9.30. The zero-order valence-corrected chi connectivity index (χ0v) is 20.5. The van der Waals surface area contributed by atoms with Gasteiger partial charge in [-0.2, -0.15) is 0 Å². The van der Waals surface area contributed by atoms with E-state index in [9.17, 15) is 0 Å². The van der Waals surface area contributed by atoms with E-state index in [1.165, 1.54) is 5.56 Å². The van der Waals surface area contributed by atoms with Gasteiger partial charge in [-0.1, -0.05) is 69.3 Å². The predicted molar refractivity (Wildman–Crippen MR) is 129 cm³/mol. The van der Waals surface area contributed by atoms with Crippen molar-refractivity contribution in [3.05, 3.63) is 78.4 Å². The van der Waals surface area contributed by atoms with Gasteiger partial charge in [-0.25, -0.2) is 0 Å². The Hall–Kier alpha value is -1.88. The highest BCUT2D eigenvalue weighted by Crippen LogP contribution is 2.38. The van der Waals surface area contributed by atoms with Crippen LogP contribution >= 0.6 is 0 Å². The maximum atomic E-state index is 6.82. The first kappa shape index (κ1) is 24.4. The smallest absolute Gasteiger partial charge is 0.192 e. The quantitative estimate of drug-likeness (QED) is 0.292. The van der Waals surface area contributed by atoms with Crippen LogP contribution in [0.25, 0.3) is 0 Å². The third-order valence-corrected chi connectivity index (χ3v) is 10.5. The third-order valence-electron chi connectivity index (χ3n) is 6.01. The normalized spacial score (nSPS) is 14.2. The summed E-state index contributed by atoms with van der Waals surface area (Å²) in [5, 5.41) is 0.139. The van der Waals surface area contributed by atoms with Crippen molar-refractivity contribution < 1.29 is 13.9 Å². The molecule has 0 heterocycles. The van der Waals surface area contributed by atoms with Gasteiger partial charge in [0.05, 0.1) is 19.8 Å². The second-order valence-corrected chi connectivity index (χ2v) is 14.1. The van der Waals surface area contributed by atoms with Gasteiger partial charge >= 0.3 is 0 Å². The molecule has 4 heteroatoms. The Morgan fingerprint density at radius 2 is 1.60 bits per heavy atom. The number of hydrogen-bond donors (Lipinski definition) is 0. The van der Waals surface area contributed by atoms with Gasteiger partial charge in [0, 0.05) is 0 Å². The van der Waals surface area contributed by atoms with Crippen LogP contribution in [-0.4, -0.2) is 27.6 Å². The van der Waals surface area contributed by atoms with Crippen LogP contribution in [0.3, 0.4) is 0 Å². The number of rotatable bonds is 11. The molecule has 0 aliphatic carbocycles. The molecular weight excluding hydrogens is 388 g/mol. The Morgan fingerprint density at radius 3 is 2.13 bits per heavy atom. The minimum atomic E-state index is -1.95. The average Bonchev–Trinajstić information content (AvgIpc) is 2.72. The van der Waals surface area contributed by atoms with Gasteiger partial charge in [-0.3, -0.25) is 0 Å². The van der Waals surface area contributed by atoms with Crippen LogP contribution in [0, 0.1) is 0 Å². The highest BCUT2D eigenvalue weighted by atomic mass is 28.4. The Kier molecular flexibility index (Phi) is 8.89. The summed E-state index contributed by atoms with van der Waals surface area (Å²) in [6.45, 7) is 16.0. The van der Waals surface area contributed by atoms with E-state index in [4.69, 9.17) is 13.9 Å². The molecule has 0 aliphatic rings. The number of ether oxygens (including phenoxy) is 2. The summed E-state index contributed by atoms with van der Waals surface area (Å²) < 4.78 is 18.4. The van der Waals surface area contributed by atoms with Gasteiger partial charge < -0.3 is 13.9 Å². The molecule has 164 valence electrons. The molecule has 0 amide bonds. The lowest BCUT2D eigenvalue weighted by Crippen LogP contribution is -2.47. The van der Waals surface area contributed by atoms with Crippen LogP contribution in [0.15, 0.2) is 67.3 Å². The summed E-state index contributed by atoms with van der Waals surface area (Å²) in [6.07, 6.45) is 3.56. The summed E-state index contributed by atoms with van der Waals surface area (Å²) in [6, 6.07) is 18.6. The molecule has 0 spiro atoms. The van der Waals surface area contributed by atoms with Crippen LogP contribution in [0.4, 0.5) is 0 Å². The molecule has 0 bridgehead atoms. The zero-order chi connectivity index (χ0) is 22.2. The molecule has 0 radical (unpaired) electrons. The first-order valence-electron chi connectivity index (χ1n) is 10.7. The lowest BCUT2D eigenvalue weighted by molar-refractivity contribution is -0.0153. The number of methoxy groups -OCH3 is 1. The van der Waals surface area contributed by atoms with E-state index in [0.717, 1.165) is 24.2 Å². The average molecular weight is 427 g/mol. The Labute approximate surface area is 184 Å². The van der Waals surface area contributed by atoms with Gasteiger partial charge in [0.2, 0.25) is 0 Å². The van der Waals surface area contributed by atoms with Gasteiger partial charge in [-0.15, -0.1) is 6.58 Å². The Morgan fingerprint density at radius 1 is 0.967 bits per heavy atom. The van der Waals surface area contributed by atoms with Crippen LogP contribution in [0.2, 0.25) is 18.1 Å². The van der Waals surface area contributed by atoms with Crippen molar-refractivity contribution in [3.8, 4) is 5.75 Å². The fourth-order valence-electron chi connectivity index (χ4n) is 3.04.